The van der Waals surface area contributed by atoms with E-state index in [-0.39, 0.29) is 18.3 Å². The van der Waals surface area contributed by atoms with Crippen molar-refractivity contribution in [1.82, 2.24) is 10.2 Å². The summed E-state index contributed by atoms with van der Waals surface area (Å²) in [4.78, 5) is 2.11. The molecule has 24 heavy (non-hydrogen) atoms. The van der Waals surface area contributed by atoms with Gasteiger partial charge in [0.15, 0.2) is 5.82 Å². The second-order valence-electron chi connectivity index (χ2n) is 5.60. The first-order chi connectivity index (χ1) is 10.9. The largest absolute Gasteiger partial charge is 0.416 e. The summed E-state index contributed by atoms with van der Waals surface area (Å²) >= 11 is 3.25. The van der Waals surface area contributed by atoms with Crippen LogP contribution >= 0.6 is 28.3 Å². The quantitative estimate of drug-likeness (QED) is 0.677. The molecule has 0 N–H and O–H groups in total. The highest BCUT2D eigenvalue weighted by molar-refractivity contribution is 9.10. The summed E-state index contributed by atoms with van der Waals surface area (Å²) < 4.78 is 39.2. The number of anilines is 1. The molecule has 3 nitrogen and oxygen atoms in total. The zero-order chi connectivity index (χ0) is 16.4. The van der Waals surface area contributed by atoms with Crippen molar-refractivity contribution in [3.63, 3.8) is 0 Å². The summed E-state index contributed by atoms with van der Waals surface area (Å²) in [6.07, 6.45) is -2.68. The Morgan fingerprint density at radius 3 is 2.33 bits per heavy atom. The third kappa shape index (κ3) is 4.39. The summed E-state index contributed by atoms with van der Waals surface area (Å²) in [5.41, 5.74) is 0.192. The molecule has 0 saturated carbocycles. The van der Waals surface area contributed by atoms with Crippen LogP contribution in [-0.2, 0) is 6.18 Å². The van der Waals surface area contributed by atoms with Crippen LogP contribution in [0.1, 0.15) is 29.9 Å². The van der Waals surface area contributed by atoms with Gasteiger partial charge in [0.25, 0.3) is 0 Å². The zero-order valence-electron chi connectivity index (χ0n) is 12.6. The molecule has 0 unspecified atom stereocenters. The van der Waals surface area contributed by atoms with Gasteiger partial charge < -0.3 is 4.90 Å². The van der Waals surface area contributed by atoms with E-state index in [4.69, 9.17) is 0 Å². The van der Waals surface area contributed by atoms with Crippen LogP contribution in [0.3, 0.4) is 0 Å². The molecule has 0 amide bonds. The van der Waals surface area contributed by atoms with Crippen LogP contribution in [0.15, 0.2) is 41.0 Å². The number of nitrogens with zero attached hydrogens (tertiary/aromatic N) is 3. The summed E-state index contributed by atoms with van der Waals surface area (Å²) in [6.45, 7) is 1.52. The molecule has 2 aromatic rings. The standard InChI is InChI=1S/C16H15BrF3N3.ClH/c17-14-4-5-15(22-21-14)23-8-6-11(7-9-23)12-2-1-3-13(10-12)16(18,19)20;/h1-5,10-11H,6-9H2;1H. The first-order valence-corrected chi connectivity index (χ1v) is 8.14. The zero-order valence-corrected chi connectivity index (χ0v) is 15.0. The van der Waals surface area contributed by atoms with Gasteiger partial charge in [-0.05, 0) is 58.5 Å². The molecule has 130 valence electrons. The van der Waals surface area contributed by atoms with Crippen LogP contribution in [0, 0.1) is 0 Å². The summed E-state index contributed by atoms with van der Waals surface area (Å²) in [5, 5.41) is 8.10. The van der Waals surface area contributed by atoms with E-state index in [1.807, 2.05) is 12.1 Å². The molecule has 1 aliphatic rings. The first kappa shape index (κ1) is 19.0. The highest BCUT2D eigenvalue weighted by Crippen LogP contribution is 2.34. The normalized spacial score (nSPS) is 15.9. The average Bonchev–Trinajstić information content (AvgIpc) is 2.55. The molecule has 0 atom stereocenters. The first-order valence-electron chi connectivity index (χ1n) is 7.35. The van der Waals surface area contributed by atoms with Crippen molar-refractivity contribution in [1.29, 1.82) is 0 Å². The summed E-state index contributed by atoms with van der Waals surface area (Å²) in [7, 11) is 0. The van der Waals surface area contributed by atoms with Crippen LogP contribution in [0.25, 0.3) is 0 Å². The monoisotopic (exact) mass is 421 g/mol. The number of halogens is 5. The van der Waals surface area contributed by atoms with Crippen molar-refractivity contribution < 1.29 is 13.2 Å². The van der Waals surface area contributed by atoms with Crippen molar-refractivity contribution >= 4 is 34.2 Å². The van der Waals surface area contributed by atoms with Crippen molar-refractivity contribution in [2.45, 2.75) is 24.9 Å². The lowest BCUT2D eigenvalue weighted by Crippen LogP contribution is -2.33. The van der Waals surface area contributed by atoms with E-state index in [0.29, 0.717) is 4.60 Å². The van der Waals surface area contributed by atoms with Gasteiger partial charge in [-0.15, -0.1) is 22.6 Å². The molecule has 3 rings (SSSR count). The van der Waals surface area contributed by atoms with Crippen LogP contribution in [0.2, 0.25) is 0 Å². The van der Waals surface area contributed by atoms with Crippen molar-refractivity contribution in [2.24, 2.45) is 0 Å². The van der Waals surface area contributed by atoms with E-state index in [2.05, 4.69) is 31.0 Å². The maximum Gasteiger partial charge on any atom is 0.416 e. The number of hydrogen-bond acceptors (Lipinski definition) is 3. The van der Waals surface area contributed by atoms with Crippen LogP contribution in [0.4, 0.5) is 19.0 Å². The number of benzene rings is 1. The van der Waals surface area contributed by atoms with Crippen molar-refractivity contribution in [3.05, 3.63) is 52.1 Å². The predicted molar refractivity (Wildman–Crippen MR) is 92.6 cm³/mol. The lowest BCUT2D eigenvalue weighted by molar-refractivity contribution is -0.137. The molecule has 0 bridgehead atoms. The number of aromatic nitrogens is 2. The van der Waals surface area contributed by atoms with E-state index in [1.165, 1.54) is 12.1 Å². The van der Waals surface area contributed by atoms with Crippen LogP contribution < -0.4 is 4.90 Å². The molecule has 2 heterocycles. The van der Waals surface area contributed by atoms with Gasteiger partial charge in [-0.1, -0.05) is 18.2 Å². The molecule has 1 aromatic carbocycles. The third-order valence-electron chi connectivity index (χ3n) is 4.12. The van der Waals surface area contributed by atoms with Gasteiger partial charge in [0, 0.05) is 13.1 Å². The van der Waals surface area contributed by atoms with Gasteiger partial charge in [0.05, 0.1) is 5.56 Å². The van der Waals surface area contributed by atoms with E-state index < -0.39 is 11.7 Å². The minimum atomic E-state index is -4.29. The molecule has 0 aliphatic carbocycles. The van der Waals surface area contributed by atoms with Gasteiger partial charge in [0.1, 0.15) is 4.60 Å². The Bertz CT molecular complexity index is 671. The minimum Gasteiger partial charge on any atom is -0.355 e. The molecular weight excluding hydrogens is 407 g/mol. The fourth-order valence-corrected chi connectivity index (χ4v) is 3.10. The maximum absolute atomic E-state index is 12.8. The minimum absolute atomic E-state index is 0. The molecule has 0 radical (unpaired) electrons. The number of rotatable bonds is 2. The Kier molecular flexibility index (Phi) is 6.09. The Morgan fingerprint density at radius 1 is 1.04 bits per heavy atom. The van der Waals surface area contributed by atoms with Crippen molar-refractivity contribution in [2.75, 3.05) is 18.0 Å². The molecule has 1 aliphatic heterocycles. The summed E-state index contributed by atoms with van der Waals surface area (Å²) in [6, 6.07) is 9.40. The van der Waals surface area contributed by atoms with Crippen LogP contribution in [0.5, 0.6) is 0 Å². The molecule has 1 fully saturated rings. The second-order valence-corrected chi connectivity index (χ2v) is 6.41. The highest BCUT2D eigenvalue weighted by atomic mass is 79.9. The predicted octanol–water partition coefficient (Wildman–Crippen LogP) is 5.06. The molecule has 0 spiro atoms. The number of hydrogen-bond donors (Lipinski definition) is 0. The fraction of sp³-hybridized carbons (Fsp3) is 0.375. The van der Waals surface area contributed by atoms with E-state index in [0.717, 1.165) is 43.4 Å². The summed E-state index contributed by atoms with van der Waals surface area (Å²) in [5.74, 6) is 0.952. The van der Waals surface area contributed by atoms with Crippen LogP contribution in [-0.4, -0.2) is 23.3 Å². The number of alkyl halides is 3. The van der Waals surface area contributed by atoms with Crippen molar-refractivity contribution in [3.8, 4) is 0 Å². The van der Waals surface area contributed by atoms with Gasteiger partial charge in [-0.2, -0.15) is 13.2 Å². The maximum atomic E-state index is 12.8. The molecule has 1 aromatic heterocycles. The SMILES string of the molecule is Cl.FC(F)(F)c1cccc(C2CCN(c3ccc(Br)nn3)CC2)c1. The highest BCUT2D eigenvalue weighted by Gasteiger charge is 2.31. The number of piperidine rings is 1. The lowest BCUT2D eigenvalue weighted by Gasteiger charge is -2.32. The molecule has 8 heteroatoms. The van der Waals surface area contributed by atoms with Gasteiger partial charge in [0.2, 0.25) is 0 Å². The Balaban J connectivity index is 0.00000208. The van der Waals surface area contributed by atoms with Gasteiger partial charge in [-0.25, -0.2) is 0 Å². The molecule has 1 saturated heterocycles. The topological polar surface area (TPSA) is 29.0 Å². The Hall–Kier alpha value is -1.34. The second kappa shape index (κ2) is 7.70. The smallest absolute Gasteiger partial charge is 0.355 e. The van der Waals surface area contributed by atoms with Gasteiger partial charge >= 0.3 is 6.18 Å². The van der Waals surface area contributed by atoms with E-state index in [1.54, 1.807) is 6.07 Å². The lowest BCUT2D eigenvalue weighted by atomic mass is 9.88. The van der Waals surface area contributed by atoms with E-state index in [9.17, 15) is 13.2 Å². The fourth-order valence-electron chi connectivity index (χ4n) is 2.89. The third-order valence-corrected chi connectivity index (χ3v) is 4.55. The Labute approximate surface area is 152 Å². The molecular formula is C16H16BrClF3N3. The Morgan fingerprint density at radius 2 is 1.75 bits per heavy atom. The average molecular weight is 423 g/mol. The van der Waals surface area contributed by atoms with E-state index >= 15 is 0 Å². The van der Waals surface area contributed by atoms with Gasteiger partial charge in [-0.3, -0.25) is 0 Å².